The molecule has 0 unspecified atom stereocenters. The van der Waals surface area contributed by atoms with Gasteiger partial charge in [-0.1, -0.05) is 13.3 Å². The van der Waals surface area contributed by atoms with Gasteiger partial charge in [0.15, 0.2) is 0 Å². The first-order chi connectivity index (χ1) is 5.36. The van der Waals surface area contributed by atoms with Gasteiger partial charge in [0.25, 0.3) is 0 Å². The van der Waals surface area contributed by atoms with Crippen molar-refractivity contribution >= 4 is 6.41 Å². The van der Waals surface area contributed by atoms with Crippen molar-refractivity contribution in [3.05, 3.63) is 0 Å². The Bertz CT molecular complexity index is 117. The first kappa shape index (κ1) is 8.57. The van der Waals surface area contributed by atoms with E-state index in [-0.39, 0.29) is 0 Å². The highest BCUT2D eigenvalue weighted by atomic mass is 16.1. The minimum Gasteiger partial charge on any atom is -0.356 e. The van der Waals surface area contributed by atoms with Gasteiger partial charge in [0.2, 0.25) is 6.41 Å². The minimum atomic E-state index is 0.468. The lowest BCUT2D eigenvalue weighted by Gasteiger charge is -2.26. The second-order valence-corrected chi connectivity index (χ2v) is 3.41. The lowest BCUT2D eigenvalue weighted by molar-refractivity contribution is -0.110. The third-order valence-electron chi connectivity index (χ3n) is 2.73. The number of hydrogen-bond acceptors (Lipinski definition) is 1. The van der Waals surface area contributed by atoms with Crippen LogP contribution in [0.5, 0.6) is 0 Å². The van der Waals surface area contributed by atoms with E-state index in [9.17, 15) is 4.79 Å². The standard InChI is InChI=1S/C9H17NO/c1-2-8-3-5-9(6-4-8)10-7-11/h7-9H,2-6H2,1H3,(H,10,11). The van der Waals surface area contributed by atoms with Crippen LogP contribution in [0.2, 0.25) is 0 Å². The minimum absolute atomic E-state index is 0.468. The van der Waals surface area contributed by atoms with Crippen LogP contribution in [-0.4, -0.2) is 12.5 Å². The summed E-state index contributed by atoms with van der Waals surface area (Å²) in [7, 11) is 0. The van der Waals surface area contributed by atoms with Crippen LogP contribution >= 0.6 is 0 Å². The predicted octanol–water partition coefficient (Wildman–Crippen LogP) is 1.70. The second kappa shape index (κ2) is 4.37. The molecule has 0 bridgehead atoms. The van der Waals surface area contributed by atoms with Crippen LogP contribution in [0.1, 0.15) is 39.0 Å². The molecule has 0 saturated heterocycles. The molecule has 2 heteroatoms. The molecule has 1 saturated carbocycles. The quantitative estimate of drug-likeness (QED) is 0.617. The van der Waals surface area contributed by atoms with E-state index in [0.717, 1.165) is 12.3 Å². The fourth-order valence-corrected chi connectivity index (χ4v) is 1.83. The topological polar surface area (TPSA) is 29.1 Å². The van der Waals surface area contributed by atoms with Crippen molar-refractivity contribution in [2.24, 2.45) is 5.92 Å². The highest BCUT2D eigenvalue weighted by molar-refractivity contribution is 5.46. The second-order valence-electron chi connectivity index (χ2n) is 3.41. The predicted molar refractivity (Wildman–Crippen MR) is 45.2 cm³/mol. The molecule has 0 spiro atoms. The zero-order valence-corrected chi connectivity index (χ0v) is 7.18. The maximum Gasteiger partial charge on any atom is 0.207 e. The molecule has 64 valence electrons. The number of carbonyl (C=O) groups is 1. The van der Waals surface area contributed by atoms with Gasteiger partial charge in [-0.3, -0.25) is 4.79 Å². The summed E-state index contributed by atoms with van der Waals surface area (Å²) in [6, 6.07) is 0.468. The molecular weight excluding hydrogens is 138 g/mol. The molecule has 0 aromatic carbocycles. The molecule has 0 atom stereocenters. The monoisotopic (exact) mass is 155 g/mol. The van der Waals surface area contributed by atoms with Crippen LogP contribution in [0, 0.1) is 5.92 Å². The smallest absolute Gasteiger partial charge is 0.207 e. The van der Waals surface area contributed by atoms with Crippen LogP contribution in [0.3, 0.4) is 0 Å². The Morgan fingerprint density at radius 1 is 1.36 bits per heavy atom. The van der Waals surface area contributed by atoms with Gasteiger partial charge < -0.3 is 5.32 Å². The highest BCUT2D eigenvalue weighted by Gasteiger charge is 2.18. The molecule has 11 heavy (non-hydrogen) atoms. The Balaban J connectivity index is 2.18. The number of rotatable bonds is 3. The molecule has 1 amide bonds. The number of carbonyl (C=O) groups excluding carboxylic acids is 1. The summed E-state index contributed by atoms with van der Waals surface area (Å²) in [4.78, 5) is 10.1. The van der Waals surface area contributed by atoms with Crippen molar-refractivity contribution in [1.29, 1.82) is 0 Å². The Morgan fingerprint density at radius 3 is 2.45 bits per heavy atom. The third kappa shape index (κ3) is 2.52. The molecule has 2 nitrogen and oxygen atoms in total. The zero-order chi connectivity index (χ0) is 8.10. The summed E-state index contributed by atoms with van der Waals surface area (Å²) in [6.45, 7) is 2.25. The summed E-state index contributed by atoms with van der Waals surface area (Å²) in [6.07, 6.45) is 7.07. The van der Waals surface area contributed by atoms with Crippen LogP contribution < -0.4 is 5.32 Å². The van der Waals surface area contributed by atoms with E-state index in [1.54, 1.807) is 0 Å². The molecule has 0 heterocycles. The van der Waals surface area contributed by atoms with Crippen molar-refractivity contribution in [2.75, 3.05) is 0 Å². The van der Waals surface area contributed by atoms with Gasteiger partial charge in [-0.2, -0.15) is 0 Å². The van der Waals surface area contributed by atoms with Gasteiger partial charge in [-0.05, 0) is 31.6 Å². The van der Waals surface area contributed by atoms with E-state index in [0.29, 0.717) is 6.04 Å². The van der Waals surface area contributed by atoms with Crippen molar-refractivity contribution in [1.82, 2.24) is 5.32 Å². The van der Waals surface area contributed by atoms with Crippen LogP contribution in [0.25, 0.3) is 0 Å². The van der Waals surface area contributed by atoms with E-state index in [1.807, 2.05) is 0 Å². The van der Waals surface area contributed by atoms with E-state index in [1.165, 1.54) is 32.1 Å². The fourth-order valence-electron chi connectivity index (χ4n) is 1.83. The maximum absolute atomic E-state index is 10.1. The highest BCUT2D eigenvalue weighted by Crippen LogP contribution is 2.25. The summed E-state index contributed by atoms with van der Waals surface area (Å²) >= 11 is 0. The molecule has 0 aromatic heterocycles. The Morgan fingerprint density at radius 2 is 2.00 bits per heavy atom. The summed E-state index contributed by atoms with van der Waals surface area (Å²) in [5.41, 5.74) is 0. The zero-order valence-electron chi connectivity index (χ0n) is 7.18. The maximum atomic E-state index is 10.1. The number of amides is 1. The van der Waals surface area contributed by atoms with Crippen molar-refractivity contribution < 1.29 is 4.79 Å². The molecule has 1 rings (SSSR count). The Labute approximate surface area is 68.4 Å². The van der Waals surface area contributed by atoms with Crippen molar-refractivity contribution in [3.63, 3.8) is 0 Å². The lowest BCUT2D eigenvalue weighted by atomic mass is 9.85. The Kier molecular flexibility index (Phi) is 3.40. The van der Waals surface area contributed by atoms with Gasteiger partial charge in [0.1, 0.15) is 0 Å². The largest absolute Gasteiger partial charge is 0.356 e. The van der Waals surface area contributed by atoms with E-state index < -0.39 is 0 Å². The molecule has 1 N–H and O–H groups in total. The molecule has 1 fully saturated rings. The molecule has 1 aliphatic rings. The third-order valence-corrected chi connectivity index (χ3v) is 2.73. The van der Waals surface area contributed by atoms with Gasteiger partial charge in [0.05, 0.1) is 0 Å². The van der Waals surface area contributed by atoms with E-state index in [4.69, 9.17) is 0 Å². The Hall–Kier alpha value is -0.530. The average Bonchev–Trinajstić information content (AvgIpc) is 2.07. The van der Waals surface area contributed by atoms with Crippen LogP contribution in [-0.2, 0) is 4.79 Å². The fraction of sp³-hybridized carbons (Fsp3) is 0.889. The molecule has 0 radical (unpaired) electrons. The SMILES string of the molecule is CCC1CCC(NC=O)CC1. The van der Waals surface area contributed by atoms with E-state index in [2.05, 4.69) is 12.2 Å². The van der Waals surface area contributed by atoms with Crippen LogP contribution in [0.4, 0.5) is 0 Å². The molecule has 1 aliphatic carbocycles. The first-order valence-electron chi connectivity index (χ1n) is 4.56. The van der Waals surface area contributed by atoms with Crippen LogP contribution in [0.15, 0.2) is 0 Å². The normalized spacial score (nSPS) is 31.4. The lowest BCUT2D eigenvalue weighted by Crippen LogP contribution is -2.31. The first-order valence-corrected chi connectivity index (χ1v) is 4.56. The summed E-state index contributed by atoms with van der Waals surface area (Å²) in [5.74, 6) is 0.916. The van der Waals surface area contributed by atoms with Gasteiger partial charge >= 0.3 is 0 Å². The van der Waals surface area contributed by atoms with Gasteiger partial charge in [0, 0.05) is 6.04 Å². The molecule has 0 aliphatic heterocycles. The van der Waals surface area contributed by atoms with E-state index >= 15 is 0 Å². The van der Waals surface area contributed by atoms with Gasteiger partial charge in [-0.25, -0.2) is 0 Å². The number of hydrogen-bond donors (Lipinski definition) is 1. The van der Waals surface area contributed by atoms with Crippen molar-refractivity contribution in [2.45, 2.75) is 45.1 Å². The van der Waals surface area contributed by atoms with Crippen molar-refractivity contribution in [3.8, 4) is 0 Å². The molecular formula is C9H17NO. The summed E-state index contributed by atoms with van der Waals surface area (Å²) in [5, 5.41) is 2.85. The number of nitrogens with one attached hydrogen (secondary N) is 1. The van der Waals surface area contributed by atoms with Gasteiger partial charge in [-0.15, -0.1) is 0 Å². The molecule has 0 aromatic rings. The summed E-state index contributed by atoms with van der Waals surface area (Å²) < 4.78 is 0. The average molecular weight is 155 g/mol.